The summed E-state index contributed by atoms with van der Waals surface area (Å²) >= 11 is 0. The number of hydrogen-bond donors (Lipinski definition) is 0. The molecule has 0 aliphatic heterocycles. The Labute approximate surface area is 111 Å². The van der Waals surface area contributed by atoms with Crippen molar-refractivity contribution in [3.05, 3.63) is 0 Å². The molecule has 2 rings (SSSR count). The highest BCUT2D eigenvalue weighted by molar-refractivity contribution is 4.89. The summed E-state index contributed by atoms with van der Waals surface area (Å²) in [6.45, 7) is 1.49. The fraction of sp³-hybridized carbons (Fsp3) is 1.00. The molecule has 2 aliphatic rings. The standard InChI is InChI=1S/C16H28F2/c1-2-3-13-4-6-14(7-5-13)15-8-10-16(18,12-17)11-9-15/h13-15H,2-12H2,1H3. The third-order valence-electron chi connectivity index (χ3n) is 5.42. The smallest absolute Gasteiger partial charge is 0.139 e. The fourth-order valence-electron chi connectivity index (χ4n) is 4.12. The maximum absolute atomic E-state index is 13.8. The topological polar surface area (TPSA) is 0 Å². The number of hydrogen-bond acceptors (Lipinski definition) is 0. The lowest BCUT2D eigenvalue weighted by Crippen LogP contribution is -2.34. The van der Waals surface area contributed by atoms with Gasteiger partial charge in [-0.2, -0.15) is 0 Å². The minimum Gasteiger partial charge on any atom is -0.248 e. The van der Waals surface area contributed by atoms with E-state index >= 15 is 0 Å². The average Bonchev–Trinajstić information content (AvgIpc) is 2.41. The Balaban J connectivity index is 1.74. The van der Waals surface area contributed by atoms with E-state index in [0.717, 1.165) is 24.7 Å². The van der Waals surface area contributed by atoms with Gasteiger partial charge in [0.1, 0.15) is 12.3 Å². The lowest BCUT2D eigenvalue weighted by molar-refractivity contribution is 0.0345. The molecule has 2 saturated carbocycles. The summed E-state index contributed by atoms with van der Waals surface area (Å²) < 4.78 is 26.4. The second kappa shape index (κ2) is 6.34. The van der Waals surface area contributed by atoms with Crippen LogP contribution >= 0.6 is 0 Å². The number of alkyl halides is 2. The normalized spacial score (nSPS) is 41.8. The Kier molecular flexibility index (Phi) is 5.03. The first kappa shape index (κ1) is 14.3. The Morgan fingerprint density at radius 1 is 0.944 bits per heavy atom. The molecular weight excluding hydrogens is 230 g/mol. The average molecular weight is 258 g/mol. The third kappa shape index (κ3) is 3.45. The van der Waals surface area contributed by atoms with Crippen LogP contribution in [0.25, 0.3) is 0 Å². The Morgan fingerprint density at radius 2 is 1.50 bits per heavy atom. The van der Waals surface area contributed by atoms with E-state index < -0.39 is 12.3 Å². The summed E-state index contributed by atoms with van der Waals surface area (Å²) in [6.07, 6.45) is 10.9. The molecule has 0 radical (unpaired) electrons. The Morgan fingerprint density at radius 3 is 2.00 bits per heavy atom. The number of rotatable bonds is 4. The van der Waals surface area contributed by atoms with Crippen LogP contribution in [0.1, 0.15) is 71.1 Å². The Hall–Kier alpha value is -0.140. The molecule has 0 N–H and O–H groups in total. The van der Waals surface area contributed by atoms with Gasteiger partial charge in [-0.25, -0.2) is 8.78 Å². The lowest BCUT2D eigenvalue weighted by atomic mass is 9.68. The van der Waals surface area contributed by atoms with Gasteiger partial charge in [0.05, 0.1) is 0 Å². The highest BCUT2D eigenvalue weighted by atomic mass is 19.2. The highest BCUT2D eigenvalue weighted by Gasteiger charge is 2.38. The van der Waals surface area contributed by atoms with Crippen molar-refractivity contribution in [3.63, 3.8) is 0 Å². The number of halogens is 2. The molecule has 0 amide bonds. The van der Waals surface area contributed by atoms with Crippen LogP contribution in [0.15, 0.2) is 0 Å². The molecule has 0 aromatic carbocycles. The van der Waals surface area contributed by atoms with Crippen molar-refractivity contribution in [1.29, 1.82) is 0 Å². The van der Waals surface area contributed by atoms with Crippen molar-refractivity contribution in [1.82, 2.24) is 0 Å². The molecule has 0 atom stereocenters. The van der Waals surface area contributed by atoms with Crippen molar-refractivity contribution >= 4 is 0 Å². The third-order valence-corrected chi connectivity index (χ3v) is 5.42. The van der Waals surface area contributed by atoms with E-state index in [1.807, 2.05) is 0 Å². The van der Waals surface area contributed by atoms with Crippen LogP contribution in [0.4, 0.5) is 8.78 Å². The first-order chi connectivity index (χ1) is 8.67. The molecule has 0 nitrogen and oxygen atoms in total. The molecule has 18 heavy (non-hydrogen) atoms. The minimum absolute atomic E-state index is 0.461. The van der Waals surface area contributed by atoms with Gasteiger partial charge >= 0.3 is 0 Å². The summed E-state index contributed by atoms with van der Waals surface area (Å²) in [5.74, 6) is 2.44. The van der Waals surface area contributed by atoms with E-state index in [2.05, 4.69) is 6.92 Å². The molecule has 0 unspecified atom stereocenters. The van der Waals surface area contributed by atoms with Crippen LogP contribution in [0, 0.1) is 17.8 Å². The van der Waals surface area contributed by atoms with Gasteiger partial charge in [-0.05, 0) is 56.3 Å². The zero-order chi connectivity index (χ0) is 13.0. The van der Waals surface area contributed by atoms with Gasteiger partial charge in [0.15, 0.2) is 0 Å². The second-order valence-corrected chi connectivity index (χ2v) is 6.69. The molecule has 2 heteroatoms. The quantitative estimate of drug-likeness (QED) is 0.628. The molecule has 0 spiro atoms. The van der Waals surface area contributed by atoms with Crippen LogP contribution in [-0.4, -0.2) is 12.3 Å². The van der Waals surface area contributed by atoms with Gasteiger partial charge in [0.2, 0.25) is 0 Å². The molecule has 0 saturated heterocycles. The van der Waals surface area contributed by atoms with Gasteiger partial charge in [-0.15, -0.1) is 0 Å². The van der Waals surface area contributed by atoms with Crippen LogP contribution in [0.3, 0.4) is 0 Å². The summed E-state index contributed by atoms with van der Waals surface area (Å²) in [4.78, 5) is 0. The van der Waals surface area contributed by atoms with Crippen LogP contribution in [-0.2, 0) is 0 Å². The second-order valence-electron chi connectivity index (χ2n) is 6.69. The van der Waals surface area contributed by atoms with E-state index in [-0.39, 0.29) is 0 Å². The van der Waals surface area contributed by atoms with Gasteiger partial charge < -0.3 is 0 Å². The van der Waals surface area contributed by atoms with Gasteiger partial charge in [0, 0.05) is 0 Å². The maximum atomic E-state index is 13.8. The molecule has 0 bridgehead atoms. The predicted octanol–water partition coefficient (Wildman–Crippen LogP) is 5.46. The van der Waals surface area contributed by atoms with Crippen molar-refractivity contribution in [2.75, 3.05) is 6.67 Å². The van der Waals surface area contributed by atoms with Gasteiger partial charge in [0.25, 0.3) is 0 Å². The first-order valence-corrected chi connectivity index (χ1v) is 7.92. The van der Waals surface area contributed by atoms with Crippen molar-refractivity contribution in [3.8, 4) is 0 Å². The van der Waals surface area contributed by atoms with Gasteiger partial charge in [-0.1, -0.05) is 32.6 Å². The molecule has 0 aromatic rings. The summed E-state index contributed by atoms with van der Waals surface area (Å²) in [7, 11) is 0. The van der Waals surface area contributed by atoms with Crippen LogP contribution in [0.5, 0.6) is 0 Å². The molecular formula is C16H28F2. The molecule has 106 valence electrons. The van der Waals surface area contributed by atoms with Crippen LogP contribution in [0.2, 0.25) is 0 Å². The Bertz CT molecular complexity index is 235. The highest BCUT2D eigenvalue weighted by Crippen LogP contribution is 2.44. The van der Waals surface area contributed by atoms with E-state index in [9.17, 15) is 8.78 Å². The SMILES string of the molecule is CCCC1CCC(C2CCC(F)(CF)CC2)CC1. The monoisotopic (exact) mass is 258 g/mol. The van der Waals surface area contributed by atoms with Crippen LogP contribution < -0.4 is 0 Å². The largest absolute Gasteiger partial charge is 0.248 e. The predicted molar refractivity (Wildman–Crippen MR) is 72.1 cm³/mol. The molecule has 2 aliphatic carbocycles. The molecule has 2 fully saturated rings. The molecule has 0 heterocycles. The summed E-state index contributed by atoms with van der Waals surface area (Å²) in [6, 6.07) is 0. The van der Waals surface area contributed by atoms with E-state index in [1.165, 1.54) is 38.5 Å². The van der Waals surface area contributed by atoms with E-state index in [0.29, 0.717) is 18.8 Å². The fourth-order valence-corrected chi connectivity index (χ4v) is 4.12. The van der Waals surface area contributed by atoms with Gasteiger partial charge in [-0.3, -0.25) is 0 Å². The van der Waals surface area contributed by atoms with Crippen molar-refractivity contribution in [2.24, 2.45) is 17.8 Å². The lowest BCUT2D eigenvalue weighted by Gasteiger charge is -2.39. The summed E-state index contributed by atoms with van der Waals surface area (Å²) in [5, 5.41) is 0. The zero-order valence-corrected chi connectivity index (χ0v) is 11.8. The van der Waals surface area contributed by atoms with E-state index in [4.69, 9.17) is 0 Å². The minimum atomic E-state index is -1.48. The first-order valence-electron chi connectivity index (χ1n) is 7.92. The van der Waals surface area contributed by atoms with Crippen molar-refractivity contribution < 1.29 is 8.78 Å². The zero-order valence-electron chi connectivity index (χ0n) is 11.8. The van der Waals surface area contributed by atoms with Crippen molar-refractivity contribution in [2.45, 2.75) is 76.8 Å². The maximum Gasteiger partial charge on any atom is 0.139 e. The molecule has 0 aromatic heterocycles. The van der Waals surface area contributed by atoms with E-state index in [1.54, 1.807) is 0 Å². The summed E-state index contributed by atoms with van der Waals surface area (Å²) in [5.41, 5.74) is -1.48.